The number of ether oxygens (including phenoxy) is 8. The predicted molar refractivity (Wildman–Crippen MR) is 218 cm³/mol. The number of carbonyl (C=O) groups excluding carboxylic acids is 4. The van der Waals surface area contributed by atoms with E-state index in [1.807, 2.05) is 56.3 Å². The molecule has 16 nitrogen and oxygen atoms in total. The number of carbonyl (C=O) groups is 4. The van der Waals surface area contributed by atoms with Gasteiger partial charge >= 0.3 is 18.1 Å². The van der Waals surface area contributed by atoms with Gasteiger partial charge in [0.15, 0.2) is 30.1 Å². The molecule has 15 atom stereocenters. The summed E-state index contributed by atoms with van der Waals surface area (Å²) in [5.74, 6) is -5.84. The van der Waals surface area contributed by atoms with E-state index in [4.69, 9.17) is 42.7 Å². The van der Waals surface area contributed by atoms with Crippen LogP contribution in [-0.2, 0) is 52.3 Å². The van der Waals surface area contributed by atoms with Crippen LogP contribution in [0.5, 0.6) is 0 Å². The molecule has 0 saturated carbocycles. The van der Waals surface area contributed by atoms with Crippen molar-refractivity contribution in [1.29, 1.82) is 0 Å². The van der Waals surface area contributed by atoms with Crippen LogP contribution in [0.25, 0.3) is 0 Å². The summed E-state index contributed by atoms with van der Waals surface area (Å²) in [4.78, 5) is 62.1. The topological polar surface area (TPSA) is 187 Å². The van der Waals surface area contributed by atoms with E-state index in [1.165, 1.54) is 14.0 Å². The minimum Gasteiger partial charge on any atom is -0.457 e. The predicted octanol–water partition coefficient (Wildman–Crippen LogP) is 5.25. The maximum absolute atomic E-state index is 14.5. The minimum absolute atomic E-state index is 0.0864. The van der Waals surface area contributed by atoms with E-state index in [-0.39, 0.29) is 25.0 Å². The van der Waals surface area contributed by atoms with E-state index in [2.05, 4.69) is 5.16 Å². The Morgan fingerprint density at radius 1 is 0.934 bits per heavy atom. The van der Waals surface area contributed by atoms with Gasteiger partial charge in [-0.1, -0.05) is 81.4 Å². The van der Waals surface area contributed by atoms with Crippen LogP contribution in [0.15, 0.2) is 65.8 Å². The summed E-state index contributed by atoms with van der Waals surface area (Å²) in [5, 5.41) is 16.5. The maximum Gasteiger partial charge on any atom is 0.509 e. The van der Waals surface area contributed by atoms with Crippen LogP contribution in [0, 0.1) is 23.7 Å². The lowest BCUT2D eigenvalue weighted by molar-refractivity contribution is -0.365. The molecule has 334 valence electrons. The molecule has 0 bridgehead atoms. The number of nitrogens with zero attached hydrogens (tertiary/aromatic N) is 2. The molecule has 6 rings (SSSR count). The molecule has 0 aliphatic carbocycles. The molecular weight excluding hydrogens is 792 g/mol. The normalized spacial score (nSPS) is 39.3. The third-order valence-corrected chi connectivity index (χ3v) is 12.8. The Labute approximate surface area is 357 Å². The quantitative estimate of drug-likeness (QED) is 0.157. The molecule has 0 amide bonds. The van der Waals surface area contributed by atoms with Crippen molar-refractivity contribution in [3.05, 3.63) is 71.8 Å². The lowest BCUT2D eigenvalue weighted by Gasteiger charge is -2.51. The third-order valence-electron chi connectivity index (χ3n) is 12.8. The van der Waals surface area contributed by atoms with Gasteiger partial charge in [0.25, 0.3) is 0 Å². The molecule has 4 aliphatic heterocycles. The largest absolute Gasteiger partial charge is 0.509 e. The Morgan fingerprint density at radius 3 is 2.21 bits per heavy atom. The standard InChI is InChI=1S/C45H60N2O14/c1-11-31-45(7)38(59-43(52)60-45)25(3)32(46-61-40(51)28-18-14-12-15-19-28)24(2)22-44(6,53-10)37(26(4)34(48)27(5)39(50)56-31)58-42-35(49)33(47(8)9)36-30(55-42)23-54-41(57-36)29-20-16-13-17-21-29/h12-21,24-27,30-31,33,35-38,41-42,49H,11,22-23H2,1-10H3/b46-32+/t24-,25+,26+,27-,30-,31?,33-,35-,36-,37-,38-,41?,42+,44-,45-/m1/s1. The molecule has 2 aromatic carbocycles. The molecule has 2 aromatic rings. The highest BCUT2D eigenvalue weighted by molar-refractivity contribution is 6.00. The summed E-state index contributed by atoms with van der Waals surface area (Å²) in [6.07, 6.45) is -8.60. The number of hydrogen-bond acceptors (Lipinski definition) is 16. The first kappa shape index (κ1) is 46.2. The summed E-state index contributed by atoms with van der Waals surface area (Å²) >= 11 is 0. The van der Waals surface area contributed by atoms with Gasteiger partial charge in [0.05, 0.1) is 35.6 Å². The number of likely N-dealkylation sites (N-methyl/N-ethyl adjacent to an activating group) is 1. The molecule has 4 saturated heterocycles. The van der Waals surface area contributed by atoms with Crippen LogP contribution in [0.1, 0.15) is 83.5 Å². The maximum atomic E-state index is 14.5. The molecule has 0 spiro atoms. The van der Waals surface area contributed by atoms with E-state index in [1.54, 1.807) is 65.0 Å². The van der Waals surface area contributed by atoms with Crippen molar-refractivity contribution in [2.75, 3.05) is 27.8 Å². The Morgan fingerprint density at radius 2 is 1.59 bits per heavy atom. The van der Waals surface area contributed by atoms with Crippen LogP contribution < -0.4 is 0 Å². The number of Topliss-reactive ketones (excluding diaryl/α,β-unsaturated/α-hetero) is 1. The zero-order valence-electron chi connectivity index (χ0n) is 36.5. The number of cyclic esters (lactones) is 1. The highest BCUT2D eigenvalue weighted by Crippen LogP contribution is 2.43. The van der Waals surface area contributed by atoms with Crippen molar-refractivity contribution in [3.8, 4) is 0 Å². The van der Waals surface area contributed by atoms with E-state index in [0.29, 0.717) is 5.71 Å². The lowest BCUT2D eigenvalue weighted by atomic mass is 9.74. The smallest absolute Gasteiger partial charge is 0.457 e. The molecule has 61 heavy (non-hydrogen) atoms. The molecule has 4 heterocycles. The highest BCUT2D eigenvalue weighted by atomic mass is 16.8. The molecular formula is C45H60N2O14. The second kappa shape index (κ2) is 19.0. The Bertz CT molecular complexity index is 1900. The number of esters is 1. The van der Waals surface area contributed by atoms with Crippen molar-refractivity contribution in [1.82, 2.24) is 4.90 Å². The Balaban J connectivity index is 1.39. The van der Waals surface area contributed by atoms with E-state index in [0.717, 1.165) is 5.56 Å². The van der Waals surface area contributed by atoms with Crippen LogP contribution in [-0.4, -0.2) is 128 Å². The van der Waals surface area contributed by atoms with Gasteiger partial charge in [-0.2, -0.15) is 0 Å². The van der Waals surface area contributed by atoms with Crippen LogP contribution in [0.3, 0.4) is 0 Å². The summed E-state index contributed by atoms with van der Waals surface area (Å²) < 4.78 is 49.7. The fourth-order valence-corrected chi connectivity index (χ4v) is 9.37. The number of oxime groups is 1. The third kappa shape index (κ3) is 9.41. The van der Waals surface area contributed by atoms with Crippen molar-refractivity contribution in [2.24, 2.45) is 28.8 Å². The fourth-order valence-electron chi connectivity index (χ4n) is 9.37. The van der Waals surface area contributed by atoms with E-state index in [9.17, 15) is 24.3 Å². The van der Waals surface area contributed by atoms with Gasteiger partial charge in [-0.25, -0.2) is 9.59 Å². The summed E-state index contributed by atoms with van der Waals surface area (Å²) in [5.41, 5.74) is -1.54. The minimum atomic E-state index is -1.53. The molecule has 0 radical (unpaired) electrons. The number of ketones is 1. The SMILES string of the molecule is CCC1OC(=O)[C@H](C)C(=O)[C@H](C)[C@@H](O[C@@H]2O[C@@H]3COC(c4ccccc4)O[C@H]3[C@H](N(C)C)[C@H]2O)[C@](C)(OC)C[C@@H](C)/C(=N\OC(=O)c2ccccc2)[C@H](C)[C@H]2OC(=O)O[C@]12C. The molecule has 16 heteroatoms. The van der Waals surface area contributed by atoms with Crippen molar-refractivity contribution in [3.63, 3.8) is 0 Å². The van der Waals surface area contributed by atoms with Crippen molar-refractivity contribution >= 4 is 29.6 Å². The first-order valence-corrected chi connectivity index (χ1v) is 20.9. The molecule has 1 N–H and O–H groups in total. The Kier molecular flexibility index (Phi) is 14.4. The van der Waals surface area contributed by atoms with Crippen LogP contribution >= 0.6 is 0 Å². The second-order valence-corrected chi connectivity index (χ2v) is 17.2. The van der Waals surface area contributed by atoms with Gasteiger partial charge in [0.2, 0.25) is 0 Å². The van der Waals surface area contributed by atoms with Gasteiger partial charge in [-0.15, -0.1) is 0 Å². The van der Waals surface area contributed by atoms with Crippen molar-refractivity contribution < 1.29 is 67.0 Å². The van der Waals surface area contributed by atoms with Crippen LogP contribution in [0.2, 0.25) is 0 Å². The van der Waals surface area contributed by atoms with Gasteiger partial charge in [0, 0.05) is 30.4 Å². The first-order chi connectivity index (χ1) is 28.9. The number of fused-ring (bicyclic) bond motifs is 2. The lowest BCUT2D eigenvalue weighted by Crippen LogP contribution is -2.67. The number of hydrogen-bond donors (Lipinski definition) is 1. The number of rotatable bonds is 8. The van der Waals surface area contributed by atoms with Crippen molar-refractivity contribution in [2.45, 2.75) is 128 Å². The van der Waals surface area contributed by atoms with Gasteiger partial charge in [-0.05, 0) is 59.8 Å². The average molecular weight is 853 g/mol. The Hall–Kier alpha value is -4.29. The summed E-state index contributed by atoms with van der Waals surface area (Å²) in [6, 6.07) is 17.2. The van der Waals surface area contributed by atoms with Crippen LogP contribution in [0.4, 0.5) is 4.79 Å². The number of aliphatic hydroxyl groups is 1. The van der Waals surface area contributed by atoms with E-state index < -0.39 is 114 Å². The zero-order chi connectivity index (χ0) is 44.4. The molecule has 4 fully saturated rings. The molecule has 0 aromatic heterocycles. The average Bonchev–Trinajstić information content (AvgIpc) is 3.57. The molecule has 4 aliphatic rings. The number of aliphatic hydroxyl groups excluding tert-OH is 1. The number of methoxy groups -OCH3 is 1. The summed E-state index contributed by atoms with van der Waals surface area (Å²) in [7, 11) is 5.11. The van der Waals surface area contributed by atoms with E-state index >= 15 is 0 Å². The van der Waals surface area contributed by atoms with Gasteiger partial charge in [0.1, 0.15) is 30.3 Å². The summed E-state index contributed by atoms with van der Waals surface area (Å²) in [6.45, 7) is 11.9. The monoisotopic (exact) mass is 852 g/mol. The fraction of sp³-hybridized carbons (Fsp3) is 0.622. The van der Waals surface area contributed by atoms with Gasteiger partial charge in [-0.3, -0.25) is 9.59 Å². The first-order valence-electron chi connectivity index (χ1n) is 20.9. The zero-order valence-corrected chi connectivity index (χ0v) is 36.5. The van der Waals surface area contributed by atoms with Gasteiger partial charge < -0.3 is 52.7 Å². The number of benzene rings is 2. The second-order valence-electron chi connectivity index (χ2n) is 17.2. The highest BCUT2D eigenvalue weighted by Gasteiger charge is 2.59. The molecule has 2 unspecified atom stereocenters.